The summed E-state index contributed by atoms with van der Waals surface area (Å²) in [5.41, 5.74) is 2.09. The molecule has 2 aromatic heterocycles. The highest BCUT2D eigenvalue weighted by Gasteiger charge is 2.19. The van der Waals surface area contributed by atoms with Gasteiger partial charge in [0.15, 0.2) is 11.0 Å². The first kappa shape index (κ1) is 21.7. The highest BCUT2D eigenvalue weighted by atomic mass is 32.2. The third-order valence-corrected chi connectivity index (χ3v) is 6.90. The van der Waals surface area contributed by atoms with Crippen LogP contribution in [0.2, 0.25) is 0 Å². The number of hydrogen-bond donors (Lipinski definition) is 0. The van der Waals surface area contributed by atoms with E-state index in [2.05, 4.69) is 31.8 Å². The number of fused-ring (bicyclic) bond motifs is 1. The van der Waals surface area contributed by atoms with Gasteiger partial charge in [0, 0.05) is 29.0 Å². The van der Waals surface area contributed by atoms with E-state index in [1.807, 2.05) is 30.3 Å². The Bertz CT molecular complexity index is 1300. The zero-order chi connectivity index (χ0) is 22.6. The smallest absolute Gasteiger partial charge is 0.336 e. The molecule has 0 spiro atoms. The molecule has 4 aromatic rings. The predicted molar refractivity (Wildman–Crippen MR) is 129 cm³/mol. The highest BCUT2D eigenvalue weighted by Crippen LogP contribution is 2.30. The van der Waals surface area contributed by atoms with Gasteiger partial charge in [0.25, 0.3) is 0 Å². The first-order chi connectivity index (χ1) is 16.2. The van der Waals surface area contributed by atoms with Gasteiger partial charge < -0.3 is 9.15 Å². The third kappa shape index (κ3) is 4.82. The lowest BCUT2D eigenvalue weighted by atomic mass is 10.1. The number of ether oxygens (including phenoxy) is 1. The molecule has 33 heavy (non-hydrogen) atoms. The summed E-state index contributed by atoms with van der Waals surface area (Å²) < 4.78 is 12.8. The Hall–Kier alpha value is -3.10. The van der Waals surface area contributed by atoms with Gasteiger partial charge in [-0.25, -0.2) is 4.79 Å². The van der Waals surface area contributed by atoms with E-state index in [0.717, 1.165) is 47.3 Å². The molecule has 0 saturated carbocycles. The average Bonchev–Trinajstić information content (AvgIpc) is 3.25. The maximum absolute atomic E-state index is 12.2. The highest BCUT2D eigenvalue weighted by molar-refractivity contribution is 7.98. The van der Waals surface area contributed by atoms with E-state index < -0.39 is 0 Å². The Kier molecular flexibility index (Phi) is 6.46. The molecule has 1 fully saturated rings. The van der Waals surface area contributed by atoms with Crippen LogP contribution in [0, 0.1) is 0 Å². The number of rotatable bonds is 7. The third-order valence-electron chi connectivity index (χ3n) is 5.92. The molecular weight excluding hydrogens is 436 g/mol. The quantitative estimate of drug-likeness (QED) is 0.292. The monoisotopic (exact) mass is 462 g/mol. The van der Waals surface area contributed by atoms with Crippen LogP contribution in [-0.2, 0) is 12.3 Å². The van der Waals surface area contributed by atoms with Gasteiger partial charge in [-0.05, 0) is 55.8 Å². The van der Waals surface area contributed by atoms with Crippen molar-refractivity contribution >= 4 is 22.7 Å². The summed E-state index contributed by atoms with van der Waals surface area (Å²) in [6.45, 7) is 2.97. The maximum atomic E-state index is 12.2. The molecule has 8 heteroatoms. The summed E-state index contributed by atoms with van der Waals surface area (Å²) in [7, 11) is 1.59. The number of piperidine rings is 1. The number of aromatic nitrogens is 3. The molecule has 0 N–H and O–H groups in total. The topological polar surface area (TPSA) is 73.4 Å². The minimum absolute atomic E-state index is 0.373. The van der Waals surface area contributed by atoms with Gasteiger partial charge in [0.05, 0.1) is 13.7 Å². The van der Waals surface area contributed by atoms with Gasteiger partial charge in [-0.1, -0.05) is 36.4 Å². The predicted octanol–water partition coefficient (Wildman–Crippen LogP) is 4.66. The van der Waals surface area contributed by atoms with Crippen molar-refractivity contribution in [3.63, 3.8) is 0 Å². The lowest BCUT2D eigenvalue weighted by Gasteiger charge is -2.26. The molecule has 1 saturated heterocycles. The van der Waals surface area contributed by atoms with Crippen LogP contribution in [0.5, 0.6) is 5.75 Å². The summed E-state index contributed by atoms with van der Waals surface area (Å²) in [6, 6.07) is 17.3. The van der Waals surface area contributed by atoms with Crippen LogP contribution in [0.25, 0.3) is 16.7 Å². The SMILES string of the molecule is COc1ccc2c(CSc3nnc(CN4CCCCC4)n3-c3ccccc3)cc(=O)oc2c1. The Labute approximate surface area is 196 Å². The standard InChI is InChI=1S/C25H26N4O3S/c1-31-20-10-11-21-18(14-24(30)32-22(21)15-20)17-33-25-27-26-23(16-28-12-6-3-7-13-28)29(25)19-8-4-2-5-9-19/h2,4-5,8-11,14-15H,3,6-7,12-13,16-17H2,1H3. The van der Waals surface area contributed by atoms with Crippen molar-refractivity contribution in [3.8, 4) is 11.4 Å². The molecule has 7 nitrogen and oxygen atoms in total. The Morgan fingerprint density at radius 2 is 1.85 bits per heavy atom. The van der Waals surface area contributed by atoms with Gasteiger partial charge >= 0.3 is 5.63 Å². The molecule has 2 aromatic carbocycles. The number of hydrogen-bond acceptors (Lipinski definition) is 7. The molecular formula is C25H26N4O3S. The summed E-state index contributed by atoms with van der Waals surface area (Å²) in [4.78, 5) is 14.6. The summed E-state index contributed by atoms with van der Waals surface area (Å²) in [5, 5.41) is 10.8. The van der Waals surface area contributed by atoms with Gasteiger partial charge in [-0.3, -0.25) is 9.47 Å². The second kappa shape index (κ2) is 9.80. The fraction of sp³-hybridized carbons (Fsp3) is 0.320. The largest absolute Gasteiger partial charge is 0.497 e. The van der Waals surface area contributed by atoms with Gasteiger partial charge in [0.2, 0.25) is 0 Å². The molecule has 0 atom stereocenters. The van der Waals surface area contributed by atoms with Gasteiger partial charge in [0.1, 0.15) is 11.3 Å². The van der Waals surface area contributed by atoms with Crippen molar-refractivity contribution in [2.75, 3.05) is 20.2 Å². The van der Waals surface area contributed by atoms with Crippen molar-refractivity contribution < 1.29 is 9.15 Å². The Morgan fingerprint density at radius 3 is 2.64 bits per heavy atom. The molecule has 5 rings (SSSR count). The number of methoxy groups -OCH3 is 1. The van der Waals surface area contributed by atoms with E-state index in [1.54, 1.807) is 31.0 Å². The molecule has 1 aliphatic heterocycles. The van der Waals surface area contributed by atoms with Crippen molar-refractivity contribution in [2.45, 2.75) is 36.7 Å². The summed E-state index contributed by atoms with van der Waals surface area (Å²) >= 11 is 1.57. The van der Waals surface area contributed by atoms with Crippen LogP contribution in [0.3, 0.4) is 0 Å². The molecule has 0 unspecified atom stereocenters. The average molecular weight is 463 g/mol. The first-order valence-electron chi connectivity index (χ1n) is 11.2. The Morgan fingerprint density at radius 1 is 1.03 bits per heavy atom. The first-order valence-corrected chi connectivity index (χ1v) is 12.2. The fourth-order valence-electron chi connectivity index (χ4n) is 4.25. The van der Waals surface area contributed by atoms with E-state index in [-0.39, 0.29) is 5.63 Å². The van der Waals surface area contributed by atoms with Crippen LogP contribution in [-0.4, -0.2) is 39.9 Å². The van der Waals surface area contributed by atoms with Crippen LogP contribution >= 0.6 is 11.8 Å². The van der Waals surface area contributed by atoms with E-state index >= 15 is 0 Å². The zero-order valence-corrected chi connectivity index (χ0v) is 19.4. The van der Waals surface area contributed by atoms with E-state index in [9.17, 15) is 4.79 Å². The zero-order valence-electron chi connectivity index (χ0n) is 18.6. The molecule has 170 valence electrons. The number of para-hydroxylation sites is 1. The van der Waals surface area contributed by atoms with Crippen molar-refractivity contribution in [2.24, 2.45) is 0 Å². The second-order valence-electron chi connectivity index (χ2n) is 8.15. The molecule has 3 heterocycles. The molecule has 1 aliphatic rings. The van der Waals surface area contributed by atoms with E-state index in [4.69, 9.17) is 9.15 Å². The number of thioether (sulfide) groups is 1. The second-order valence-corrected chi connectivity index (χ2v) is 9.09. The molecule has 0 radical (unpaired) electrons. The molecule has 0 amide bonds. The summed E-state index contributed by atoms with van der Waals surface area (Å²) in [6.07, 6.45) is 3.76. The maximum Gasteiger partial charge on any atom is 0.336 e. The summed E-state index contributed by atoms with van der Waals surface area (Å²) in [5.74, 6) is 2.16. The number of likely N-dealkylation sites (tertiary alicyclic amines) is 1. The van der Waals surface area contributed by atoms with E-state index in [0.29, 0.717) is 17.1 Å². The van der Waals surface area contributed by atoms with Crippen molar-refractivity contribution in [3.05, 3.63) is 76.4 Å². The van der Waals surface area contributed by atoms with Gasteiger partial charge in [-0.15, -0.1) is 10.2 Å². The van der Waals surface area contributed by atoms with Crippen LogP contribution in [0.1, 0.15) is 30.7 Å². The van der Waals surface area contributed by atoms with Crippen LogP contribution in [0.15, 0.2) is 69.0 Å². The number of nitrogens with zero attached hydrogens (tertiary/aromatic N) is 4. The lowest BCUT2D eigenvalue weighted by Crippen LogP contribution is -2.30. The number of benzene rings is 2. The fourth-order valence-corrected chi connectivity index (χ4v) is 5.21. The van der Waals surface area contributed by atoms with Crippen LogP contribution < -0.4 is 10.4 Å². The van der Waals surface area contributed by atoms with E-state index in [1.165, 1.54) is 19.3 Å². The van der Waals surface area contributed by atoms with Crippen molar-refractivity contribution in [1.82, 2.24) is 19.7 Å². The lowest BCUT2D eigenvalue weighted by molar-refractivity contribution is 0.214. The van der Waals surface area contributed by atoms with Gasteiger partial charge in [-0.2, -0.15) is 0 Å². The van der Waals surface area contributed by atoms with Crippen LogP contribution in [0.4, 0.5) is 0 Å². The molecule has 0 bridgehead atoms. The normalized spacial score (nSPS) is 14.6. The van der Waals surface area contributed by atoms with Crippen molar-refractivity contribution in [1.29, 1.82) is 0 Å². The minimum atomic E-state index is -0.373. The molecule has 0 aliphatic carbocycles. The minimum Gasteiger partial charge on any atom is -0.497 e. The Balaban J connectivity index is 1.46.